The molecule has 0 saturated heterocycles. The molecule has 0 bridgehead atoms. The standard InChI is InChI=1S/C20H18ClN5O2/c1-22-11-15-16(21)8-5-9-17(15)28-12-14-10-18(27)26-20(23-14)24-19(25-26)13-6-3-2-4-7-13/h2-10,22H,11-12H2,1H3,(H,23,24,25). The van der Waals surface area contributed by atoms with Gasteiger partial charge in [-0.05, 0) is 19.2 Å². The Morgan fingerprint density at radius 1 is 1.14 bits per heavy atom. The van der Waals surface area contributed by atoms with E-state index in [0.717, 1.165) is 11.1 Å². The minimum absolute atomic E-state index is 0.135. The van der Waals surface area contributed by atoms with Crippen LogP contribution in [0.15, 0.2) is 59.4 Å². The quantitative estimate of drug-likeness (QED) is 0.524. The molecule has 7 nitrogen and oxygen atoms in total. The molecule has 0 atom stereocenters. The van der Waals surface area contributed by atoms with Crippen LogP contribution in [0.4, 0.5) is 0 Å². The molecule has 2 aromatic heterocycles. The number of hydrogen-bond acceptors (Lipinski definition) is 5. The van der Waals surface area contributed by atoms with E-state index in [4.69, 9.17) is 16.3 Å². The van der Waals surface area contributed by atoms with Crippen LogP contribution in [0.3, 0.4) is 0 Å². The first-order valence-corrected chi connectivity index (χ1v) is 9.12. The number of halogens is 1. The summed E-state index contributed by atoms with van der Waals surface area (Å²) in [6, 6.07) is 16.5. The maximum Gasteiger partial charge on any atom is 0.274 e. The molecule has 0 fully saturated rings. The average molecular weight is 396 g/mol. The zero-order valence-electron chi connectivity index (χ0n) is 15.1. The predicted molar refractivity (Wildman–Crippen MR) is 108 cm³/mol. The van der Waals surface area contributed by atoms with Gasteiger partial charge in [-0.2, -0.15) is 9.50 Å². The van der Waals surface area contributed by atoms with Gasteiger partial charge >= 0.3 is 0 Å². The van der Waals surface area contributed by atoms with E-state index in [9.17, 15) is 4.79 Å². The number of fused-ring (bicyclic) bond motifs is 1. The third-order valence-electron chi connectivity index (χ3n) is 4.24. The number of benzene rings is 2. The molecule has 0 aliphatic carbocycles. The Labute approximate surface area is 166 Å². The molecule has 0 saturated carbocycles. The van der Waals surface area contributed by atoms with Gasteiger partial charge in [-0.3, -0.25) is 9.89 Å². The first-order chi connectivity index (χ1) is 13.7. The van der Waals surface area contributed by atoms with Crippen molar-refractivity contribution in [1.82, 2.24) is 24.9 Å². The number of ether oxygens (including phenoxy) is 1. The van der Waals surface area contributed by atoms with Crippen molar-refractivity contribution in [3.63, 3.8) is 0 Å². The van der Waals surface area contributed by atoms with E-state index in [1.165, 1.54) is 10.6 Å². The van der Waals surface area contributed by atoms with E-state index in [1.54, 1.807) is 0 Å². The van der Waals surface area contributed by atoms with Crippen LogP contribution in [0.5, 0.6) is 5.75 Å². The lowest BCUT2D eigenvalue weighted by Crippen LogP contribution is -2.17. The van der Waals surface area contributed by atoms with Crippen LogP contribution >= 0.6 is 11.6 Å². The van der Waals surface area contributed by atoms with Crippen molar-refractivity contribution >= 4 is 17.4 Å². The molecule has 8 heteroatoms. The first-order valence-electron chi connectivity index (χ1n) is 8.74. The van der Waals surface area contributed by atoms with Crippen molar-refractivity contribution in [2.24, 2.45) is 0 Å². The van der Waals surface area contributed by atoms with Crippen molar-refractivity contribution < 1.29 is 4.74 Å². The van der Waals surface area contributed by atoms with Gasteiger partial charge in [0.05, 0.1) is 5.69 Å². The highest BCUT2D eigenvalue weighted by molar-refractivity contribution is 6.31. The number of nitrogens with one attached hydrogen (secondary N) is 2. The molecule has 0 amide bonds. The summed E-state index contributed by atoms with van der Waals surface area (Å²) in [4.78, 5) is 21.3. The highest BCUT2D eigenvalue weighted by Gasteiger charge is 2.12. The molecule has 2 aromatic carbocycles. The summed E-state index contributed by atoms with van der Waals surface area (Å²) in [5.74, 6) is 1.52. The summed E-state index contributed by atoms with van der Waals surface area (Å²) in [7, 11) is 1.84. The van der Waals surface area contributed by atoms with Crippen molar-refractivity contribution in [2.45, 2.75) is 13.2 Å². The van der Waals surface area contributed by atoms with Gasteiger partial charge in [0.15, 0.2) is 5.82 Å². The summed E-state index contributed by atoms with van der Waals surface area (Å²) in [5, 5.41) is 6.67. The fraction of sp³-hybridized carbons (Fsp3) is 0.150. The zero-order valence-corrected chi connectivity index (χ0v) is 15.9. The van der Waals surface area contributed by atoms with Gasteiger partial charge < -0.3 is 10.1 Å². The Hall–Kier alpha value is -3.16. The highest BCUT2D eigenvalue weighted by Crippen LogP contribution is 2.26. The van der Waals surface area contributed by atoms with Crippen LogP contribution in [0.25, 0.3) is 17.2 Å². The third kappa shape index (κ3) is 3.62. The second-order valence-corrected chi connectivity index (χ2v) is 6.60. The number of rotatable bonds is 6. The minimum atomic E-state index is -0.250. The van der Waals surface area contributed by atoms with E-state index >= 15 is 0 Å². The van der Waals surface area contributed by atoms with Gasteiger partial charge in [0.1, 0.15) is 12.4 Å². The molecule has 0 aliphatic heterocycles. The molecule has 0 radical (unpaired) electrons. The van der Waals surface area contributed by atoms with E-state index in [0.29, 0.717) is 34.6 Å². The predicted octanol–water partition coefficient (Wildman–Crippen LogP) is 3.04. The Bertz CT molecular complexity index is 1170. The van der Waals surface area contributed by atoms with Crippen molar-refractivity contribution in [3.05, 3.63) is 81.2 Å². The summed E-state index contributed by atoms with van der Waals surface area (Å²) in [6.07, 6.45) is 0. The second kappa shape index (κ2) is 7.84. The summed E-state index contributed by atoms with van der Waals surface area (Å²) < 4.78 is 7.20. The molecular formula is C20H18ClN5O2. The number of aromatic amines is 1. The van der Waals surface area contributed by atoms with Gasteiger partial charge in [0.2, 0.25) is 0 Å². The number of H-pyrrole nitrogens is 1. The van der Waals surface area contributed by atoms with E-state index in [-0.39, 0.29) is 12.2 Å². The van der Waals surface area contributed by atoms with Crippen molar-refractivity contribution in [1.29, 1.82) is 0 Å². The number of aromatic nitrogens is 4. The Morgan fingerprint density at radius 3 is 2.75 bits per heavy atom. The molecule has 0 aliphatic rings. The number of hydrogen-bond donors (Lipinski definition) is 2. The van der Waals surface area contributed by atoms with Crippen LogP contribution in [-0.4, -0.2) is 26.6 Å². The van der Waals surface area contributed by atoms with Crippen molar-refractivity contribution in [3.8, 4) is 17.1 Å². The van der Waals surface area contributed by atoms with E-state index < -0.39 is 0 Å². The second-order valence-electron chi connectivity index (χ2n) is 6.19. The van der Waals surface area contributed by atoms with Crippen LogP contribution in [0.2, 0.25) is 5.02 Å². The molecule has 142 valence electrons. The highest BCUT2D eigenvalue weighted by atomic mass is 35.5. The Balaban J connectivity index is 1.62. The van der Waals surface area contributed by atoms with Gasteiger partial charge in [-0.1, -0.05) is 48.0 Å². The maximum atomic E-state index is 12.4. The molecule has 4 aromatic rings. The van der Waals surface area contributed by atoms with Crippen molar-refractivity contribution in [2.75, 3.05) is 7.05 Å². The molecule has 28 heavy (non-hydrogen) atoms. The summed E-state index contributed by atoms with van der Waals surface area (Å²) in [6.45, 7) is 0.709. The lowest BCUT2D eigenvalue weighted by Gasteiger charge is -2.12. The van der Waals surface area contributed by atoms with Crippen LogP contribution in [0.1, 0.15) is 11.3 Å². The first kappa shape index (κ1) is 18.2. The monoisotopic (exact) mass is 395 g/mol. The van der Waals surface area contributed by atoms with Crippen LogP contribution < -0.4 is 15.6 Å². The molecule has 2 N–H and O–H groups in total. The van der Waals surface area contributed by atoms with Gasteiger partial charge in [0, 0.05) is 28.8 Å². The maximum absolute atomic E-state index is 12.4. The lowest BCUT2D eigenvalue weighted by atomic mass is 10.2. The minimum Gasteiger partial charge on any atom is -0.487 e. The Kier molecular flexibility index (Phi) is 5.10. The molecule has 4 rings (SSSR count). The average Bonchev–Trinajstić information content (AvgIpc) is 3.14. The molecule has 0 spiro atoms. The smallest absolute Gasteiger partial charge is 0.274 e. The fourth-order valence-corrected chi connectivity index (χ4v) is 3.13. The third-order valence-corrected chi connectivity index (χ3v) is 4.59. The molecule has 2 heterocycles. The summed E-state index contributed by atoms with van der Waals surface area (Å²) in [5.41, 5.74) is 1.97. The number of nitrogens with zero attached hydrogens (tertiary/aromatic N) is 3. The topological polar surface area (TPSA) is 84.3 Å². The van der Waals surface area contributed by atoms with E-state index in [1.807, 2.05) is 55.6 Å². The van der Waals surface area contributed by atoms with Crippen LogP contribution in [-0.2, 0) is 13.2 Å². The fourth-order valence-electron chi connectivity index (χ4n) is 2.90. The lowest BCUT2D eigenvalue weighted by molar-refractivity contribution is 0.297. The molecular weight excluding hydrogens is 378 g/mol. The van der Waals surface area contributed by atoms with Crippen LogP contribution in [0, 0.1) is 0 Å². The molecule has 0 unspecified atom stereocenters. The largest absolute Gasteiger partial charge is 0.487 e. The van der Waals surface area contributed by atoms with Gasteiger partial charge in [-0.25, -0.2) is 4.98 Å². The Morgan fingerprint density at radius 2 is 1.96 bits per heavy atom. The SMILES string of the molecule is CNCc1c(Cl)cccc1OCc1cc(=O)n2[nH]c(-c3ccccc3)nc2n1. The zero-order chi connectivity index (χ0) is 19.5. The van der Waals surface area contributed by atoms with Gasteiger partial charge in [-0.15, -0.1) is 0 Å². The van der Waals surface area contributed by atoms with Gasteiger partial charge in [0.25, 0.3) is 11.3 Å². The van der Waals surface area contributed by atoms with E-state index in [2.05, 4.69) is 20.4 Å². The normalized spacial score (nSPS) is 11.1. The summed E-state index contributed by atoms with van der Waals surface area (Å²) >= 11 is 6.25.